The quantitative estimate of drug-likeness (QED) is 0.427. The molecule has 0 amide bonds. The minimum Gasteiger partial charge on any atom is -0.356 e. The number of halogens is 3. The Bertz CT molecular complexity index is 348. The van der Waals surface area contributed by atoms with E-state index in [-0.39, 0.29) is 6.54 Å². The molecule has 1 rings (SSSR count). The van der Waals surface area contributed by atoms with Gasteiger partial charge in [0.25, 0.3) is 0 Å². The van der Waals surface area contributed by atoms with Crippen LogP contribution in [0.5, 0.6) is 0 Å². The lowest BCUT2D eigenvalue weighted by Crippen LogP contribution is -2.40. The van der Waals surface area contributed by atoms with Crippen LogP contribution in [0.3, 0.4) is 0 Å². The van der Waals surface area contributed by atoms with E-state index < -0.39 is 12.6 Å². The number of nitrogens with one attached hydrogen (secondary N) is 2. The summed E-state index contributed by atoms with van der Waals surface area (Å²) in [6, 6.07) is 0. The highest BCUT2D eigenvalue weighted by molar-refractivity contribution is 5.79. The van der Waals surface area contributed by atoms with Gasteiger partial charge in [0, 0.05) is 33.2 Å². The summed E-state index contributed by atoms with van der Waals surface area (Å²) >= 11 is 0. The van der Waals surface area contributed by atoms with Gasteiger partial charge < -0.3 is 15.5 Å². The Hall–Kier alpha value is -0.980. The van der Waals surface area contributed by atoms with Crippen molar-refractivity contribution in [2.75, 3.05) is 39.8 Å². The van der Waals surface area contributed by atoms with Gasteiger partial charge >= 0.3 is 6.18 Å². The van der Waals surface area contributed by atoms with Crippen LogP contribution < -0.4 is 10.6 Å². The normalized spacial score (nSPS) is 23.8. The van der Waals surface area contributed by atoms with Gasteiger partial charge in [0.05, 0.1) is 6.42 Å². The number of hydrogen-bond donors (Lipinski definition) is 2. The minimum atomic E-state index is -4.13. The van der Waals surface area contributed by atoms with Gasteiger partial charge in [-0.05, 0) is 37.6 Å². The lowest BCUT2D eigenvalue weighted by atomic mass is 9.92. The summed E-state index contributed by atoms with van der Waals surface area (Å²) < 4.78 is 36.3. The van der Waals surface area contributed by atoms with Gasteiger partial charge in [-0.2, -0.15) is 13.2 Å². The Morgan fingerprint density at radius 3 is 2.26 bits per heavy atom. The maximum atomic E-state index is 12.1. The molecule has 1 aliphatic heterocycles. The molecule has 136 valence electrons. The van der Waals surface area contributed by atoms with Crippen molar-refractivity contribution >= 4 is 5.96 Å². The number of rotatable bonds is 7. The molecule has 0 aromatic carbocycles. The molecule has 2 atom stereocenters. The second-order valence-electron chi connectivity index (χ2n) is 6.70. The van der Waals surface area contributed by atoms with Crippen molar-refractivity contribution in [1.82, 2.24) is 15.5 Å². The zero-order chi connectivity index (χ0) is 17.3. The van der Waals surface area contributed by atoms with Crippen LogP contribution in [0.1, 0.15) is 39.5 Å². The molecule has 0 saturated carbocycles. The molecule has 0 bridgehead atoms. The van der Waals surface area contributed by atoms with E-state index in [2.05, 4.69) is 34.4 Å². The Kier molecular flexibility index (Phi) is 8.73. The van der Waals surface area contributed by atoms with E-state index in [4.69, 9.17) is 0 Å². The molecule has 2 N–H and O–H groups in total. The van der Waals surface area contributed by atoms with Crippen molar-refractivity contribution in [3.05, 3.63) is 0 Å². The summed E-state index contributed by atoms with van der Waals surface area (Å²) in [5, 5.41) is 5.75. The van der Waals surface area contributed by atoms with Crippen LogP contribution in [-0.4, -0.2) is 56.8 Å². The number of aliphatic imine (C=N–C) groups is 1. The molecule has 0 aromatic rings. The van der Waals surface area contributed by atoms with Crippen LogP contribution in [0.2, 0.25) is 0 Å². The average molecular weight is 336 g/mol. The maximum absolute atomic E-state index is 12.1. The topological polar surface area (TPSA) is 39.7 Å². The number of nitrogens with zero attached hydrogens (tertiary/aromatic N) is 2. The molecule has 1 heterocycles. The molecule has 2 unspecified atom stereocenters. The monoisotopic (exact) mass is 336 g/mol. The van der Waals surface area contributed by atoms with Crippen LogP contribution in [-0.2, 0) is 0 Å². The fraction of sp³-hybridized carbons (Fsp3) is 0.938. The summed E-state index contributed by atoms with van der Waals surface area (Å²) in [5.74, 6) is 1.98. The molecule has 0 spiro atoms. The number of alkyl halides is 3. The van der Waals surface area contributed by atoms with Gasteiger partial charge in [0.1, 0.15) is 0 Å². The molecule has 0 aromatic heterocycles. The van der Waals surface area contributed by atoms with E-state index in [0.29, 0.717) is 5.96 Å². The fourth-order valence-corrected chi connectivity index (χ4v) is 3.19. The van der Waals surface area contributed by atoms with Crippen LogP contribution in [0.25, 0.3) is 0 Å². The first-order valence-corrected chi connectivity index (χ1v) is 8.53. The lowest BCUT2D eigenvalue weighted by Gasteiger charge is -2.34. The third-order valence-corrected chi connectivity index (χ3v) is 4.06. The highest BCUT2D eigenvalue weighted by Crippen LogP contribution is 2.21. The Labute approximate surface area is 137 Å². The van der Waals surface area contributed by atoms with Crippen LogP contribution >= 0.6 is 0 Å². The Morgan fingerprint density at radius 1 is 1.09 bits per heavy atom. The standard InChI is InChI=1S/C16H31F3N4/c1-13-10-14(2)12-23(11-13)9-5-4-7-21-15(20-3)22-8-6-16(17,18)19/h13-14H,4-12H2,1-3H3,(H2,20,21,22). The van der Waals surface area contributed by atoms with Gasteiger partial charge in [-0.3, -0.25) is 4.99 Å². The first-order valence-electron chi connectivity index (χ1n) is 8.53. The maximum Gasteiger partial charge on any atom is 0.390 e. The third-order valence-electron chi connectivity index (χ3n) is 4.06. The highest BCUT2D eigenvalue weighted by atomic mass is 19.4. The zero-order valence-electron chi connectivity index (χ0n) is 14.5. The molecular formula is C16H31F3N4. The number of unbranched alkanes of at least 4 members (excludes halogenated alkanes) is 1. The first kappa shape index (κ1) is 20.1. The Morgan fingerprint density at radius 2 is 1.70 bits per heavy atom. The molecule has 4 nitrogen and oxygen atoms in total. The number of piperidine rings is 1. The molecular weight excluding hydrogens is 305 g/mol. The second-order valence-corrected chi connectivity index (χ2v) is 6.70. The third kappa shape index (κ3) is 9.69. The Balaban J connectivity index is 2.08. The van der Waals surface area contributed by atoms with E-state index in [9.17, 15) is 13.2 Å². The van der Waals surface area contributed by atoms with Crippen molar-refractivity contribution in [3.63, 3.8) is 0 Å². The molecule has 7 heteroatoms. The predicted molar refractivity (Wildman–Crippen MR) is 88.7 cm³/mol. The van der Waals surface area contributed by atoms with Gasteiger partial charge in [-0.15, -0.1) is 0 Å². The molecule has 1 saturated heterocycles. The van der Waals surface area contributed by atoms with Gasteiger partial charge in [0.15, 0.2) is 5.96 Å². The highest BCUT2D eigenvalue weighted by Gasteiger charge is 2.26. The number of hydrogen-bond acceptors (Lipinski definition) is 2. The van der Waals surface area contributed by atoms with Gasteiger partial charge in [-0.25, -0.2) is 0 Å². The summed E-state index contributed by atoms with van der Waals surface area (Å²) in [6.45, 7) is 8.65. The van der Waals surface area contributed by atoms with Crippen LogP contribution in [0.15, 0.2) is 4.99 Å². The predicted octanol–water partition coefficient (Wildman–Crippen LogP) is 2.86. The minimum absolute atomic E-state index is 0.146. The van der Waals surface area contributed by atoms with E-state index >= 15 is 0 Å². The van der Waals surface area contributed by atoms with Crippen LogP contribution in [0, 0.1) is 11.8 Å². The van der Waals surface area contributed by atoms with Gasteiger partial charge in [-0.1, -0.05) is 13.8 Å². The second kappa shape index (κ2) is 10.0. The van der Waals surface area contributed by atoms with Crippen molar-refractivity contribution < 1.29 is 13.2 Å². The lowest BCUT2D eigenvalue weighted by molar-refractivity contribution is -0.132. The molecule has 23 heavy (non-hydrogen) atoms. The summed E-state index contributed by atoms with van der Waals surface area (Å²) in [4.78, 5) is 6.45. The van der Waals surface area contributed by atoms with E-state index in [1.54, 1.807) is 7.05 Å². The summed E-state index contributed by atoms with van der Waals surface area (Å²) in [7, 11) is 1.57. The van der Waals surface area contributed by atoms with E-state index in [1.165, 1.54) is 19.5 Å². The average Bonchev–Trinajstić information content (AvgIpc) is 2.42. The van der Waals surface area contributed by atoms with E-state index in [0.717, 1.165) is 37.8 Å². The van der Waals surface area contributed by atoms with Crippen molar-refractivity contribution in [1.29, 1.82) is 0 Å². The number of guanidine groups is 1. The fourth-order valence-electron chi connectivity index (χ4n) is 3.19. The SMILES string of the molecule is CN=C(NCCCCN1CC(C)CC(C)C1)NCCC(F)(F)F. The van der Waals surface area contributed by atoms with Crippen molar-refractivity contribution in [2.45, 2.75) is 45.7 Å². The first-order chi connectivity index (χ1) is 10.8. The van der Waals surface area contributed by atoms with E-state index in [1.807, 2.05) is 0 Å². The van der Waals surface area contributed by atoms with Crippen molar-refractivity contribution in [3.8, 4) is 0 Å². The molecule has 1 aliphatic rings. The molecule has 0 radical (unpaired) electrons. The molecule has 1 fully saturated rings. The molecule has 0 aliphatic carbocycles. The summed E-state index contributed by atoms with van der Waals surface area (Å²) in [5.41, 5.74) is 0. The van der Waals surface area contributed by atoms with Gasteiger partial charge in [0.2, 0.25) is 0 Å². The van der Waals surface area contributed by atoms with Crippen LogP contribution in [0.4, 0.5) is 13.2 Å². The largest absolute Gasteiger partial charge is 0.390 e. The number of likely N-dealkylation sites (tertiary alicyclic amines) is 1. The zero-order valence-corrected chi connectivity index (χ0v) is 14.5. The smallest absolute Gasteiger partial charge is 0.356 e. The summed E-state index contributed by atoms with van der Waals surface area (Å²) in [6.07, 6.45) is -1.59. The van der Waals surface area contributed by atoms with Crippen molar-refractivity contribution in [2.24, 2.45) is 16.8 Å².